The molecule has 0 saturated heterocycles. The zero-order chi connectivity index (χ0) is 24.9. The van der Waals surface area contributed by atoms with Gasteiger partial charge in [-0.3, -0.25) is 14.4 Å². The largest absolute Gasteiger partial charge is 0.462 e. The van der Waals surface area contributed by atoms with Gasteiger partial charge in [-0.25, -0.2) is 0 Å². The van der Waals surface area contributed by atoms with E-state index in [1.807, 2.05) is 0 Å². The average molecular weight is 477 g/mol. The van der Waals surface area contributed by atoms with Gasteiger partial charge in [0, 0.05) is 32.6 Å². The summed E-state index contributed by atoms with van der Waals surface area (Å²) in [6, 6.07) is 0. The molecule has 190 valence electrons. The Morgan fingerprint density at radius 1 is 1.00 bits per heavy atom. The molecule has 0 radical (unpaired) electrons. The lowest BCUT2D eigenvalue weighted by Crippen LogP contribution is -2.60. The lowest BCUT2D eigenvalue weighted by Gasteiger charge is -2.59. The van der Waals surface area contributed by atoms with Gasteiger partial charge in [-0.1, -0.05) is 25.5 Å². The highest BCUT2D eigenvalue weighted by Crippen LogP contribution is 2.67. The molecule has 0 aliphatic heterocycles. The van der Waals surface area contributed by atoms with Crippen molar-refractivity contribution >= 4 is 17.9 Å². The summed E-state index contributed by atoms with van der Waals surface area (Å²) < 4.78 is 16.3. The maximum absolute atomic E-state index is 12.0. The number of carbonyl (C=O) groups is 3. The standard InChI is InChI=1S/C27H40O7/c1-16(28)32-15-24(34-18(3)30)27(31)13-10-23-21-7-6-19-14-20(33-17(2)29)8-11-25(19,4)22(21)9-12-26(23,27)5/h6,20-24,31H,7-15H2,1-5H3/t20-,21-,22+,23+,24-,25-,26+,27+/m0/s1. The number of hydrogen-bond acceptors (Lipinski definition) is 7. The number of fused-ring (bicyclic) bond motifs is 5. The SMILES string of the molecule is CC(=O)OC[C@H](OC(C)=O)[C@]1(O)CC[C@@H]2[C@H]3CC=C4C[C@@H](OC(C)=O)CC[C@]4(C)[C@@H]3CC[C@]21C. The highest BCUT2D eigenvalue weighted by molar-refractivity contribution is 5.67. The second kappa shape index (κ2) is 8.96. The van der Waals surface area contributed by atoms with Crippen LogP contribution in [-0.2, 0) is 28.6 Å². The fraction of sp³-hybridized carbons (Fsp3) is 0.815. The third-order valence-electron chi connectivity index (χ3n) is 9.89. The molecule has 7 heteroatoms. The van der Waals surface area contributed by atoms with Gasteiger partial charge in [-0.15, -0.1) is 0 Å². The number of aliphatic hydroxyl groups is 1. The molecule has 0 aromatic carbocycles. The fourth-order valence-corrected chi connectivity index (χ4v) is 8.21. The Morgan fingerprint density at radius 3 is 2.35 bits per heavy atom. The van der Waals surface area contributed by atoms with Crippen LogP contribution in [0.1, 0.15) is 86.0 Å². The first-order valence-corrected chi connectivity index (χ1v) is 12.8. The summed E-state index contributed by atoms with van der Waals surface area (Å²) in [5.74, 6) is 0.121. The van der Waals surface area contributed by atoms with Crippen LogP contribution in [0.15, 0.2) is 11.6 Å². The van der Waals surface area contributed by atoms with Gasteiger partial charge in [0.05, 0.1) is 0 Å². The second-order valence-corrected chi connectivity index (χ2v) is 11.6. The van der Waals surface area contributed by atoms with Crippen LogP contribution in [0, 0.1) is 28.6 Å². The normalized spacial score (nSPS) is 41.8. The van der Waals surface area contributed by atoms with Gasteiger partial charge in [0.1, 0.15) is 18.3 Å². The number of carbonyl (C=O) groups excluding carboxylic acids is 3. The summed E-state index contributed by atoms with van der Waals surface area (Å²) in [6.45, 7) is 8.53. The van der Waals surface area contributed by atoms with Crippen molar-refractivity contribution < 1.29 is 33.7 Å². The molecule has 4 aliphatic carbocycles. The third-order valence-corrected chi connectivity index (χ3v) is 9.89. The van der Waals surface area contributed by atoms with Crippen LogP contribution in [-0.4, -0.2) is 47.4 Å². The first-order valence-electron chi connectivity index (χ1n) is 12.8. The first-order chi connectivity index (χ1) is 15.9. The van der Waals surface area contributed by atoms with E-state index >= 15 is 0 Å². The number of allylic oxidation sites excluding steroid dienone is 1. The minimum atomic E-state index is -1.23. The first kappa shape index (κ1) is 25.2. The Morgan fingerprint density at radius 2 is 1.71 bits per heavy atom. The Kier molecular flexibility index (Phi) is 6.64. The molecule has 0 amide bonds. The Labute approximate surface area is 202 Å². The molecule has 34 heavy (non-hydrogen) atoms. The molecule has 8 atom stereocenters. The maximum atomic E-state index is 12.0. The quantitative estimate of drug-likeness (QED) is 0.362. The summed E-state index contributed by atoms with van der Waals surface area (Å²) in [5, 5.41) is 12.0. The van der Waals surface area contributed by atoms with E-state index < -0.39 is 29.1 Å². The number of hydrogen-bond donors (Lipinski definition) is 1. The van der Waals surface area contributed by atoms with Crippen molar-refractivity contribution in [3.8, 4) is 0 Å². The van der Waals surface area contributed by atoms with E-state index in [1.54, 1.807) is 0 Å². The molecule has 7 nitrogen and oxygen atoms in total. The molecule has 0 bridgehead atoms. The molecule has 1 N–H and O–H groups in total. The summed E-state index contributed by atoms with van der Waals surface area (Å²) in [6.07, 6.45) is 8.38. The van der Waals surface area contributed by atoms with Crippen LogP contribution >= 0.6 is 0 Å². The van der Waals surface area contributed by atoms with E-state index in [2.05, 4.69) is 19.9 Å². The lowest BCUT2D eigenvalue weighted by atomic mass is 9.46. The Hall–Kier alpha value is -1.89. The van der Waals surface area contributed by atoms with Crippen molar-refractivity contribution in [3.05, 3.63) is 11.6 Å². The average Bonchev–Trinajstić information content (AvgIpc) is 3.02. The highest BCUT2D eigenvalue weighted by atomic mass is 16.6. The van der Waals surface area contributed by atoms with Gasteiger partial charge in [0.15, 0.2) is 6.10 Å². The topological polar surface area (TPSA) is 99.1 Å². The van der Waals surface area contributed by atoms with E-state index in [9.17, 15) is 19.5 Å². The maximum Gasteiger partial charge on any atom is 0.303 e. The van der Waals surface area contributed by atoms with Crippen molar-refractivity contribution in [1.29, 1.82) is 0 Å². The van der Waals surface area contributed by atoms with Crippen LogP contribution in [0.5, 0.6) is 0 Å². The monoisotopic (exact) mass is 476 g/mol. The molecule has 0 unspecified atom stereocenters. The van der Waals surface area contributed by atoms with Gasteiger partial charge in [-0.05, 0) is 68.1 Å². The van der Waals surface area contributed by atoms with Gasteiger partial charge in [0.2, 0.25) is 0 Å². The summed E-state index contributed by atoms with van der Waals surface area (Å²) >= 11 is 0. The molecule has 0 heterocycles. The minimum Gasteiger partial charge on any atom is -0.462 e. The van der Waals surface area contributed by atoms with Gasteiger partial charge in [0.25, 0.3) is 0 Å². The molecular weight excluding hydrogens is 436 g/mol. The van der Waals surface area contributed by atoms with Crippen LogP contribution < -0.4 is 0 Å². The zero-order valence-corrected chi connectivity index (χ0v) is 21.2. The number of ether oxygens (including phenoxy) is 3. The second-order valence-electron chi connectivity index (χ2n) is 11.6. The summed E-state index contributed by atoms with van der Waals surface area (Å²) in [4.78, 5) is 34.8. The van der Waals surface area contributed by atoms with Crippen molar-refractivity contribution in [3.63, 3.8) is 0 Å². The summed E-state index contributed by atoms with van der Waals surface area (Å²) in [7, 11) is 0. The fourth-order valence-electron chi connectivity index (χ4n) is 8.21. The van der Waals surface area contributed by atoms with E-state index in [0.29, 0.717) is 24.2 Å². The van der Waals surface area contributed by atoms with Gasteiger partial charge in [-0.2, -0.15) is 0 Å². The molecule has 0 aromatic rings. The van der Waals surface area contributed by atoms with Gasteiger partial charge < -0.3 is 19.3 Å². The number of rotatable bonds is 5. The number of esters is 3. The molecule has 4 rings (SSSR count). The van der Waals surface area contributed by atoms with Crippen LogP contribution in [0.4, 0.5) is 0 Å². The molecule has 3 fully saturated rings. The van der Waals surface area contributed by atoms with E-state index in [4.69, 9.17) is 14.2 Å². The lowest BCUT2D eigenvalue weighted by molar-refractivity contribution is -0.206. The van der Waals surface area contributed by atoms with E-state index in [1.165, 1.54) is 26.3 Å². The van der Waals surface area contributed by atoms with Crippen molar-refractivity contribution in [2.24, 2.45) is 28.6 Å². The van der Waals surface area contributed by atoms with Crippen molar-refractivity contribution in [2.45, 2.75) is 104 Å². The van der Waals surface area contributed by atoms with E-state index in [0.717, 1.165) is 44.9 Å². The van der Waals surface area contributed by atoms with Crippen LogP contribution in [0.25, 0.3) is 0 Å². The zero-order valence-electron chi connectivity index (χ0n) is 21.2. The molecule has 0 aromatic heterocycles. The van der Waals surface area contributed by atoms with Gasteiger partial charge >= 0.3 is 17.9 Å². The van der Waals surface area contributed by atoms with Crippen LogP contribution in [0.3, 0.4) is 0 Å². The predicted octanol–water partition coefficient (Wildman–Crippen LogP) is 4.11. The molecular formula is C27H40O7. The van der Waals surface area contributed by atoms with Crippen LogP contribution in [0.2, 0.25) is 0 Å². The van der Waals surface area contributed by atoms with Crippen molar-refractivity contribution in [1.82, 2.24) is 0 Å². The predicted molar refractivity (Wildman–Crippen MR) is 124 cm³/mol. The Balaban J connectivity index is 1.58. The van der Waals surface area contributed by atoms with Crippen molar-refractivity contribution in [2.75, 3.05) is 6.61 Å². The Bertz CT molecular complexity index is 880. The van der Waals surface area contributed by atoms with E-state index in [-0.39, 0.29) is 24.1 Å². The summed E-state index contributed by atoms with van der Waals surface area (Å²) in [5.41, 5.74) is -0.141. The smallest absolute Gasteiger partial charge is 0.303 e. The highest BCUT2D eigenvalue weighted by Gasteiger charge is 2.66. The minimum absolute atomic E-state index is 0.0235. The molecule has 3 saturated carbocycles. The molecule has 4 aliphatic rings. The third kappa shape index (κ3) is 4.08. The molecule has 0 spiro atoms.